The molecule has 3 atom stereocenters. The first-order chi connectivity index (χ1) is 27.6. The molecule has 12 heteroatoms. The molecule has 3 unspecified atom stereocenters. The maximum atomic E-state index is 12.3. The van der Waals surface area contributed by atoms with Crippen molar-refractivity contribution in [1.82, 2.24) is 5.32 Å². The molecule has 0 heterocycles. The third-order valence-electron chi connectivity index (χ3n) is 10.3. The fourth-order valence-corrected chi connectivity index (χ4v) is 7.44. The molecule has 57 heavy (non-hydrogen) atoms. The number of carboxylic acid groups (broad SMARTS) is 1. The fraction of sp³-hybridized carbons (Fsp3) is 0.889. The molecule has 4 N–H and O–H groups in total. The van der Waals surface area contributed by atoms with Gasteiger partial charge in [0.25, 0.3) is 0 Å². The van der Waals surface area contributed by atoms with Crippen molar-refractivity contribution in [2.45, 2.75) is 238 Å². The zero-order chi connectivity index (χ0) is 42.1. The predicted molar refractivity (Wildman–Crippen MR) is 231 cm³/mol. The van der Waals surface area contributed by atoms with Gasteiger partial charge in [-0.2, -0.15) is 0 Å². The van der Waals surface area contributed by atoms with Crippen molar-refractivity contribution < 1.29 is 47.8 Å². The lowest BCUT2D eigenvalue weighted by molar-refractivity contribution is -0.147. The summed E-state index contributed by atoms with van der Waals surface area (Å²) in [5.41, 5.74) is 0. The van der Waals surface area contributed by atoms with Gasteiger partial charge >= 0.3 is 19.8 Å². The van der Waals surface area contributed by atoms with E-state index in [1.54, 1.807) is 0 Å². The largest absolute Gasteiger partial charge is 0.480 e. The summed E-state index contributed by atoms with van der Waals surface area (Å²) in [6.07, 6.45) is 41.0. The number of carbonyl (C=O) groups is 3. The van der Waals surface area contributed by atoms with Crippen molar-refractivity contribution in [2.24, 2.45) is 0 Å². The molecule has 0 fully saturated rings. The molecule has 0 aromatic heterocycles. The summed E-state index contributed by atoms with van der Waals surface area (Å²) >= 11 is 0. The van der Waals surface area contributed by atoms with Crippen LogP contribution in [0.2, 0.25) is 0 Å². The number of rotatable bonds is 44. The van der Waals surface area contributed by atoms with E-state index in [0.717, 1.165) is 57.8 Å². The molecule has 336 valence electrons. The lowest BCUT2D eigenvalue weighted by atomic mass is 10.0. The third kappa shape index (κ3) is 40.8. The smallest absolute Gasteiger partial charge is 0.472 e. The minimum atomic E-state index is -4.75. The van der Waals surface area contributed by atoms with Crippen LogP contribution in [0.5, 0.6) is 0 Å². The number of allylic oxidation sites excluding steroid dienone is 2. The normalized spacial score (nSPS) is 13.8. The van der Waals surface area contributed by atoms with E-state index in [0.29, 0.717) is 12.8 Å². The summed E-state index contributed by atoms with van der Waals surface area (Å²) < 4.78 is 26.8. The number of nitrogens with one attached hydrogen (secondary N) is 1. The number of carboxylic acids is 1. The summed E-state index contributed by atoms with van der Waals surface area (Å²) in [5, 5.41) is 21.8. The predicted octanol–water partition coefficient (Wildman–Crippen LogP) is 12.1. The Labute approximate surface area is 347 Å². The van der Waals surface area contributed by atoms with Gasteiger partial charge in [-0.1, -0.05) is 187 Å². The second kappa shape index (κ2) is 41.0. The molecule has 0 spiro atoms. The van der Waals surface area contributed by atoms with Crippen molar-refractivity contribution in [3.63, 3.8) is 0 Å². The lowest BCUT2D eigenvalue weighted by Crippen LogP contribution is -2.43. The average molecular weight is 832 g/mol. The van der Waals surface area contributed by atoms with Crippen LogP contribution in [0, 0.1) is 0 Å². The quantitative estimate of drug-likeness (QED) is 0.0201. The van der Waals surface area contributed by atoms with Crippen LogP contribution < -0.4 is 5.32 Å². The van der Waals surface area contributed by atoms with Crippen LogP contribution in [0.15, 0.2) is 12.2 Å². The molecule has 0 aliphatic rings. The topological polar surface area (TPSA) is 169 Å². The van der Waals surface area contributed by atoms with Crippen LogP contribution in [-0.2, 0) is 32.7 Å². The molecule has 0 radical (unpaired) electrons. The zero-order valence-electron chi connectivity index (χ0n) is 36.4. The molecule has 11 nitrogen and oxygen atoms in total. The monoisotopic (exact) mass is 832 g/mol. The fourth-order valence-electron chi connectivity index (χ4n) is 6.66. The van der Waals surface area contributed by atoms with Crippen LogP contribution in [0.3, 0.4) is 0 Å². The Morgan fingerprint density at radius 3 is 1.37 bits per heavy atom. The van der Waals surface area contributed by atoms with Crippen LogP contribution in [0.4, 0.5) is 0 Å². The Bertz CT molecular complexity index is 1030. The summed E-state index contributed by atoms with van der Waals surface area (Å²) in [4.78, 5) is 45.9. The van der Waals surface area contributed by atoms with E-state index in [1.165, 1.54) is 128 Å². The molecule has 0 aromatic carbocycles. The Kier molecular flexibility index (Phi) is 39.7. The number of phosphoric acid groups is 1. The number of esters is 1. The van der Waals surface area contributed by atoms with Gasteiger partial charge in [0.1, 0.15) is 12.7 Å². The number of hydrogen-bond donors (Lipinski definition) is 4. The summed E-state index contributed by atoms with van der Waals surface area (Å²) in [7, 11) is -4.75. The number of aliphatic carboxylic acids is 1. The second-order valence-electron chi connectivity index (χ2n) is 15.9. The minimum absolute atomic E-state index is 0.151. The number of unbranched alkanes of at least 4 members (excludes halogenated alkanes) is 28. The maximum absolute atomic E-state index is 12.3. The number of hydrogen-bond acceptors (Lipinski definition) is 8. The van der Waals surface area contributed by atoms with Crippen LogP contribution in [-0.4, -0.2) is 64.9 Å². The lowest BCUT2D eigenvalue weighted by Gasteiger charge is -2.18. The summed E-state index contributed by atoms with van der Waals surface area (Å²) in [6, 6.07) is -1.54. The number of aliphatic hydroxyl groups is 1. The molecular weight excluding hydrogens is 745 g/mol. The number of phosphoric ester groups is 1. The van der Waals surface area contributed by atoms with E-state index in [1.807, 2.05) is 0 Å². The van der Waals surface area contributed by atoms with Crippen molar-refractivity contribution in [1.29, 1.82) is 0 Å². The summed E-state index contributed by atoms with van der Waals surface area (Å²) in [6.45, 7) is 2.58. The first-order valence-electron chi connectivity index (χ1n) is 23.2. The summed E-state index contributed by atoms with van der Waals surface area (Å²) in [5.74, 6) is -2.37. The molecule has 0 saturated carbocycles. The van der Waals surface area contributed by atoms with Crippen LogP contribution in [0.1, 0.15) is 226 Å². The number of aliphatic hydroxyl groups excluding tert-OH is 1. The van der Waals surface area contributed by atoms with E-state index < -0.39 is 57.6 Å². The molecule has 0 bridgehead atoms. The number of amides is 1. The van der Waals surface area contributed by atoms with Crippen LogP contribution >= 0.6 is 7.82 Å². The molecule has 0 aliphatic heterocycles. The highest BCUT2D eigenvalue weighted by Gasteiger charge is 2.28. The number of carbonyl (C=O) groups excluding carboxylic acids is 2. The van der Waals surface area contributed by atoms with Gasteiger partial charge in [0.05, 0.1) is 13.2 Å². The Hall–Kier alpha value is -1.78. The van der Waals surface area contributed by atoms with E-state index in [9.17, 15) is 34.1 Å². The maximum Gasteiger partial charge on any atom is 0.472 e. The highest BCUT2D eigenvalue weighted by atomic mass is 31.2. The zero-order valence-corrected chi connectivity index (χ0v) is 37.3. The van der Waals surface area contributed by atoms with Gasteiger partial charge < -0.3 is 25.2 Å². The Balaban J connectivity index is 3.83. The van der Waals surface area contributed by atoms with Gasteiger partial charge in [-0.15, -0.1) is 0 Å². The van der Waals surface area contributed by atoms with Gasteiger partial charge in [-0.3, -0.25) is 18.6 Å². The van der Waals surface area contributed by atoms with Gasteiger partial charge in [0.2, 0.25) is 5.91 Å². The van der Waals surface area contributed by atoms with E-state index in [2.05, 4.69) is 31.3 Å². The molecule has 0 saturated heterocycles. The van der Waals surface area contributed by atoms with E-state index >= 15 is 0 Å². The van der Waals surface area contributed by atoms with Gasteiger partial charge in [0, 0.05) is 12.8 Å². The Morgan fingerprint density at radius 2 is 0.912 bits per heavy atom. The van der Waals surface area contributed by atoms with Gasteiger partial charge in [-0.25, -0.2) is 9.36 Å². The third-order valence-corrected chi connectivity index (χ3v) is 11.3. The number of ether oxygens (including phenoxy) is 1. The average Bonchev–Trinajstić information content (AvgIpc) is 3.18. The molecular formula is C45H86NO10P. The van der Waals surface area contributed by atoms with Gasteiger partial charge in [0.15, 0.2) is 6.04 Å². The SMILES string of the molecule is CCCCC/C=C\CCCCCCCC(=O)OCC(O)COP(=O)(O)OCC(NC(=O)CCCCCCCCCCCCCCCCCCCCCCC)C(=O)O. The van der Waals surface area contributed by atoms with Gasteiger partial charge in [-0.05, 0) is 38.5 Å². The molecule has 0 rings (SSSR count). The molecule has 1 amide bonds. The van der Waals surface area contributed by atoms with E-state index in [-0.39, 0.29) is 12.8 Å². The minimum Gasteiger partial charge on any atom is -0.480 e. The van der Waals surface area contributed by atoms with E-state index in [4.69, 9.17) is 13.8 Å². The van der Waals surface area contributed by atoms with Crippen molar-refractivity contribution in [2.75, 3.05) is 19.8 Å². The van der Waals surface area contributed by atoms with Crippen molar-refractivity contribution in [3.8, 4) is 0 Å². The first-order valence-corrected chi connectivity index (χ1v) is 24.7. The standard InChI is InChI=1S/C45H86NO10P/c1-3-5-7-9-11-13-15-17-18-19-20-21-22-23-24-25-26-28-30-32-34-36-43(48)46-42(45(50)51)40-56-57(52,53)55-39-41(47)38-54-44(49)37-35-33-31-29-27-16-14-12-10-8-6-4-2/h12,14,41-42,47H,3-11,13,15-40H2,1-2H3,(H,46,48)(H,50,51)(H,52,53)/b14-12-. The van der Waals surface area contributed by atoms with Crippen molar-refractivity contribution in [3.05, 3.63) is 12.2 Å². The first kappa shape index (κ1) is 55.2. The highest BCUT2D eigenvalue weighted by Crippen LogP contribution is 2.43. The van der Waals surface area contributed by atoms with Crippen molar-refractivity contribution >= 4 is 25.7 Å². The second-order valence-corrected chi connectivity index (χ2v) is 17.4. The van der Waals surface area contributed by atoms with Crippen LogP contribution in [0.25, 0.3) is 0 Å². The highest BCUT2D eigenvalue weighted by molar-refractivity contribution is 7.47. The Morgan fingerprint density at radius 1 is 0.544 bits per heavy atom. The molecule has 0 aromatic rings. The molecule has 0 aliphatic carbocycles.